The van der Waals surface area contributed by atoms with Crippen LogP contribution in [0.15, 0.2) is 49.1 Å². The van der Waals surface area contributed by atoms with Gasteiger partial charge in [-0.2, -0.15) is 12.7 Å². The first-order valence-electron chi connectivity index (χ1n) is 19.6. The fourth-order valence-electron chi connectivity index (χ4n) is 8.85. The van der Waals surface area contributed by atoms with E-state index in [-0.39, 0.29) is 44.6 Å². The molecule has 55 heavy (non-hydrogen) atoms. The first-order chi connectivity index (χ1) is 26.1. The molecule has 2 saturated heterocycles. The Morgan fingerprint density at radius 2 is 1.62 bits per heavy atom. The molecule has 5 aliphatic rings. The number of carbonyl (C=O) groups excluding carboxylic acids is 4. The Labute approximate surface area is 324 Å². The molecule has 0 spiro atoms. The van der Waals surface area contributed by atoms with Crippen molar-refractivity contribution in [2.45, 2.75) is 102 Å². The molecule has 4 amide bonds. The average Bonchev–Trinajstić information content (AvgIpc) is 3.41. The van der Waals surface area contributed by atoms with Crippen LogP contribution in [0.5, 0.6) is 0 Å². The molecule has 3 heterocycles. The number of hydrogen-bond donors (Lipinski definition) is 3. The highest BCUT2D eigenvalue weighted by Gasteiger charge is 2.62. The van der Waals surface area contributed by atoms with Crippen molar-refractivity contribution in [3.63, 3.8) is 0 Å². The van der Waals surface area contributed by atoms with E-state index in [2.05, 4.69) is 51.1 Å². The third-order valence-corrected chi connectivity index (χ3v) is 13.7. The van der Waals surface area contributed by atoms with E-state index in [0.29, 0.717) is 26.2 Å². The molecule has 14 nitrogen and oxygen atoms in total. The average molecular weight is 778 g/mol. The summed E-state index contributed by atoms with van der Waals surface area (Å²) in [7, 11) is -2.27. The van der Waals surface area contributed by atoms with E-state index < -0.39 is 63.0 Å². The number of amides is 4. The highest BCUT2D eigenvalue weighted by Crippen LogP contribution is 2.45. The Morgan fingerprint density at radius 1 is 0.982 bits per heavy atom. The van der Waals surface area contributed by atoms with Crippen LogP contribution in [0.4, 0.5) is 4.79 Å². The van der Waals surface area contributed by atoms with E-state index in [0.717, 1.165) is 42.2 Å². The fraction of sp³-hybridized carbons (Fsp3) is 0.600. The SMILES string of the molecule is C=C[C@@H]1C[C@]1(NC(=O)[C@@H]1C[C@@H](N2Cc3cccc4cccc(c34)C2)CN1C(=O)[C@@H](NC(=O)OC1CCCC1)C(C)(C)C)C(=O)NS(=O)(=O)N1CCN(C)CC1. The molecule has 2 aromatic rings. The minimum absolute atomic E-state index is 0.169. The molecule has 3 N–H and O–H groups in total. The molecule has 3 aliphatic heterocycles. The predicted octanol–water partition coefficient (Wildman–Crippen LogP) is 2.88. The standard InChI is InChI=1S/C40H55N7O7S/c1-6-29-22-40(29,37(50)43-55(52,53)46-19-17-44(5)18-20-46)42-35(48)32-21-30(45-23-27-13-9-11-26-12-10-14-28(24-45)33(26)27)25-47(32)36(49)34(39(2,3)4)41-38(51)54-31-15-7-8-16-31/h6,9-14,29-32,34H,1,7-8,15-25H2,2-5H3,(H,41,51)(H,42,48)(H,43,50)/t29-,30-,32+,34-,40-/m1/s1. The maximum Gasteiger partial charge on any atom is 0.408 e. The predicted molar refractivity (Wildman–Crippen MR) is 208 cm³/mol. The van der Waals surface area contributed by atoms with Crippen molar-refractivity contribution < 1.29 is 32.3 Å². The van der Waals surface area contributed by atoms with Gasteiger partial charge in [0.25, 0.3) is 5.91 Å². The zero-order chi connectivity index (χ0) is 39.3. The van der Waals surface area contributed by atoms with Crippen LogP contribution in [0.25, 0.3) is 10.8 Å². The summed E-state index contributed by atoms with van der Waals surface area (Å²) < 4.78 is 35.8. The first-order valence-corrected chi connectivity index (χ1v) is 21.0. The lowest BCUT2D eigenvalue weighted by Gasteiger charge is -2.36. The van der Waals surface area contributed by atoms with Crippen LogP contribution in [0, 0.1) is 11.3 Å². The topological polar surface area (TPSA) is 161 Å². The number of hydrogen-bond acceptors (Lipinski definition) is 9. The van der Waals surface area contributed by atoms with Crippen LogP contribution in [0.3, 0.4) is 0 Å². The molecule has 0 bridgehead atoms. The molecule has 298 valence electrons. The second kappa shape index (κ2) is 15.1. The van der Waals surface area contributed by atoms with Gasteiger partial charge in [0.05, 0.1) is 0 Å². The number of nitrogens with one attached hydrogen (secondary N) is 3. The lowest BCUT2D eigenvalue weighted by atomic mass is 9.85. The fourth-order valence-corrected chi connectivity index (χ4v) is 10.0. The van der Waals surface area contributed by atoms with E-state index in [4.69, 9.17) is 4.74 Å². The number of rotatable bonds is 10. The highest BCUT2D eigenvalue weighted by molar-refractivity contribution is 7.87. The second-order valence-corrected chi connectivity index (χ2v) is 18.8. The van der Waals surface area contributed by atoms with Gasteiger partial charge in [0.15, 0.2) is 0 Å². The molecule has 2 aromatic carbocycles. The van der Waals surface area contributed by atoms with E-state index in [1.54, 1.807) is 6.08 Å². The van der Waals surface area contributed by atoms with Crippen LogP contribution in [-0.4, -0.2) is 121 Å². The lowest BCUT2D eigenvalue weighted by molar-refractivity contribution is -0.142. The Bertz CT molecular complexity index is 1910. The van der Waals surface area contributed by atoms with Gasteiger partial charge < -0.3 is 25.2 Å². The molecular formula is C40H55N7O7S. The molecule has 5 atom stereocenters. The quantitative estimate of drug-likeness (QED) is 0.309. The summed E-state index contributed by atoms with van der Waals surface area (Å²) in [6, 6.07) is 10.2. The number of nitrogens with zero attached hydrogens (tertiary/aromatic N) is 4. The summed E-state index contributed by atoms with van der Waals surface area (Å²) >= 11 is 0. The molecule has 4 fully saturated rings. The summed E-state index contributed by atoms with van der Waals surface area (Å²) in [5, 5.41) is 8.15. The maximum absolute atomic E-state index is 14.8. The molecule has 15 heteroatoms. The molecule has 0 aromatic heterocycles. The summed E-state index contributed by atoms with van der Waals surface area (Å²) in [5.74, 6) is -2.33. The van der Waals surface area contributed by atoms with Crippen molar-refractivity contribution in [1.82, 2.24) is 34.4 Å². The summed E-state index contributed by atoms with van der Waals surface area (Å²) in [5.41, 5.74) is 0.0435. The molecular weight excluding hydrogens is 723 g/mol. The van der Waals surface area contributed by atoms with E-state index >= 15 is 0 Å². The number of benzene rings is 2. The molecule has 2 aliphatic carbocycles. The molecule has 2 saturated carbocycles. The van der Waals surface area contributed by atoms with Gasteiger partial charge in [0.1, 0.15) is 23.7 Å². The van der Waals surface area contributed by atoms with E-state index in [1.807, 2.05) is 44.9 Å². The Kier molecular flexibility index (Phi) is 10.8. The minimum Gasteiger partial charge on any atom is -0.446 e. The number of likely N-dealkylation sites (tertiary alicyclic amines) is 1. The maximum atomic E-state index is 14.8. The Balaban J connectivity index is 1.14. The number of alkyl carbamates (subject to hydrolysis) is 1. The largest absolute Gasteiger partial charge is 0.446 e. The normalized spacial score (nSPS) is 27.1. The summed E-state index contributed by atoms with van der Waals surface area (Å²) in [6.07, 6.45) is 4.65. The third-order valence-electron chi connectivity index (χ3n) is 12.2. The Hall–Kier alpha value is -4.05. The molecule has 0 unspecified atom stereocenters. The van der Waals surface area contributed by atoms with Gasteiger partial charge in [0, 0.05) is 57.8 Å². The van der Waals surface area contributed by atoms with Gasteiger partial charge in [-0.1, -0.05) is 63.2 Å². The second-order valence-electron chi connectivity index (χ2n) is 17.1. The van der Waals surface area contributed by atoms with Crippen molar-refractivity contribution in [1.29, 1.82) is 0 Å². The van der Waals surface area contributed by atoms with E-state index in [1.165, 1.54) is 14.6 Å². The lowest BCUT2D eigenvalue weighted by Crippen LogP contribution is -2.61. The van der Waals surface area contributed by atoms with Crippen molar-refractivity contribution in [3.05, 3.63) is 60.2 Å². The van der Waals surface area contributed by atoms with Crippen molar-refractivity contribution in [3.8, 4) is 0 Å². The van der Waals surface area contributed by atoms with Crippen molar-refractivity contribution >= 4 is 44.8 Å². The minimum atomic E-state index is -4.17. The smallest absolute Gasteiger partial charge is 0.408 e. The van der Waals surface area contributed by atoms with Crippen LogP contribution < -0.4 is 15.4 Å². The van der Waals surface area contributed by atoms with Crippen LogP contribution in [-0.2, 0) is 42.4 Å². The summed E-state index contributed by atoms with van der Waals surface area (Å²) in [4.78, 5) is 62.2. The van der Waals surface area contributed by atoms with Crippen molar-refractivity contribution in [2.75, 3.05) is 39.8 Å². The third kappa shape index (κ3) is 7.98. The molecule has 7 rings (SSSR count). The van der Waals surface area contributed by atoms with Crippen LogP contribution in [0.2, 0.25) is 0 Å². The zero-order valence-corrected chi connectivity index (χ0v) is 33.2. The van der Waals surface area contributed by atoms with Gasteiger partial charge in [-0.25, -0.2) is 9.52 Å². The first kappa shape index (κ1) is 39.2. The summed E-state index contributed by atoms with van der Waals surface area (Å²) in [6.45, 7) is 12.4. The monoisotopic (exact) mass is 777 g/mol. The number of likely N-dealkylation sites (N-methyl/N-ethyl adjacent to an activating group) is 1. The van der Waals surface area contributed by atoms with Gasteiger partial charge in [-0.05, 0) is 72.9 Å². The number of piperazine rings is 1. The van der Waals surface area contributed by atoms with Gasteiger partial charge in [0.2, 0.25) is 11.8 Å². The van der Waals surface area contributed by atoms with Crippen LogP contribution >= 0.6 is 0 Å². The highest BCUT2D eigenvalue weighted by atomic mass is 32.2. The number of ether oxygens (including phenoxy) is 1. The van der Waals surface area contributed by atoms with Gasteiger partial charge in [-0.15, -0.1) is 6.58 Å². The zero-order valence-electron chi connectivity index (χ0n) is 32.4. The molecule has 0 radical (unpaired) electrons. The Morgan fingerprint density at radius 3 is 2.20 bits per heavy atom. The number of carbonyl (C=O) groups is 4. The van der Waals surface area contributed by atoms with Gasteiger partial charge in [-0.3, -0.25) is 19.3 Å². The van der Waals surface area contributed by atoms with Crippen molar-refractivity contribution in [2.24, 2.45) is 11.3 Å². The van der Waals surface area contributed by atoms with Crippen LogP contribution in [0.1, 0.15) is 70.4 Å². The van der Waals surface area contributed by atoms with Gasteiger partial charge >= 0.3 is 16.3 Å². The van der Waals surface area contributed by atoms with E-state index in [9.17, 15) is 27.6 Å².